The number of benzene rings is 1. The number of amides is 2. The number of nitrogens with one attached hydrogen (secondary N) is 1. The third kappa shape index (κ3) is 3.79. The van der Waals surface area contributed by atoms with E-state index < -0.39 is 0 Å². The van der Waals surface area contributed by atoms with Crippen LogP contribution in [0.4, 0.5) is 15.0 Å². The average Bonchev–Trinajstić information content (AvgIpc) is 2.92. The number of likely N-dealkylation sites (tertiary alicyclic amines) is 1. The Kier molecular flexibility index (Phi) is 5.11. The molecular weight excluding hydrogens is 333 g/mol. The molecule has 1 fully saturated rings. The minimum absolute atomic E-state index is 0.162. The molecule has 0 aliphatic carbocycles. The molecule has 2 heterocycles. The SMILES string of the molecule is Cc1cc(C=C2CCN(C(=O)Nc3noc(C)c3C)CC2C)ccc1F. The van der Waals surface area contributed by atoms with Gasteiger partial charge in [0.15, 0.2) is 5.82 Å². The molecule has 1 N–H and O–H groups in total. The maximum absolute atomic E-state index is 13.4. The lowest BCUT2D eigenvalue weighted by Gasteiger charge is -2.33. The van der Waals surface area contributed by atoms with Crippen LogP contribution in [-0.2, 0) is 0 Å². The predicted molar refractivity (Wildman–Crippen MR) is 99.5 cm³/mol. The predicted octanol–water partition coefficient (Wildman–Crippen LogP) is 4.70. The molecule has 3 rings (SSSR count). The van der Waals surface area contributed by atoms with Gasteiger partial charge in [0.2, 0.25) is 0 Å². The molecule has 1 saturated heterocycles. The molecule has 1 aromatic heterocycles. The fraction of sp³-hybridized carbons (Fsp3) is 0.400. The van der Waals surface area contributed by atoms with Crippen molar-refractivity contribution in [3.63, 3.8) is 0 Å². The summed E-state index contributed by atoms with van der Waals surface area (Å²) < 4.78 is 18.5. The van der Waals surface area contributed by atoms with Crippen molar-refractivity contribution in [2.24, 2.45) is 5.92 Å². The fourth-order valence-electron chi connectivity index (χ4n) is 3.13. The van der Waals surface area contributed by atoms with Crippen LogP contribution in [-0.4, -0.2) is 29.2 Å². The van der Waals surface area contributed by atoms with Gasteiger partial charge in [0.05, 0.1) is 0 Å². The molecule has 6 heteroatoms. The van der Waals surface area contributed by atoms with Gasteiger partial charge in [0.1, 0.15) is 11.6 Å². The number of urea groups is 1. The Morgan fingerprint density at radius 1 is 1.38 bits per heavy atom. The van der Waals surface area contributed by atoms with Crippen LogP contribution in [0.1, 0.15) is 35.8 Å². The molecular formula is C20H24FN3O2. The monoisotopic (exact) mass is 357 g/mol. The van der Waals surface area contributed by atoms with Gasteiger partial charge in [-0.05, 0) is 56.4 Å². The van der Waals surface area contributed by atoms with E-state index in [0.717, 1.165) is 17.5 Å². The van der Waals surface area contributed by atoms with Crippen molar-refractivity contribution < 1.29 is 13.7 Å². The van der Waals surface area contributed by atoms with Gasteiger partial charge in [0, 0.05) is 18.7 Å². The normalized spacial score (nSPS) is 19.0. The number of carbonyl (C=O) groups is 1. The average molecular weight is 357 g/mol. The minimum atomic E-state index is -0.190. The summed E-state index contributed by atoms with van der Waals surface area (Å²) in [6.07, 6.45) is 2.90. The Morgan fingerprint density at radius 3 is 2.77 bits per heavy atom. The molecule has 26 heavy (non-hydrogen) atoms. The molecule has 5 nitrogen and oxygen atoms in total. The standard InChI is InChI=1S/C20H24FN3O2/c1-12-9-16(5-6-18(12)21)10-17-7-8-24(11-13(17)2)20(25)22-19-14(3)15(4)26-23-19/h5-6,9-10,13H,7-8,11H2,1-4H3,(H,22,23,25). The van der Waals surface area contributed by atoms with E-state index in [9.17, 15) is 9.18 Å². The van der Waals surface area contributed by atoms with E-state index in [1.807, 2.05) is 19.9 Å². The largest absolute Gasteiger partial charge is 0.359 e. The number of hydrogen-bond acceptors (Lipinski definition) is 3. The molecule has 138 valence electrons. The first kappa shape index (κ1) is 18.2. The lowest BCUT2D eigenvalue weighted by Crippen LogP contribution is -2.42. The van der Waals surface area contributed by atoms with E-state index in [1.165, 1.54) is 11.6 Å². The Labute approximate surface area is 152 Å². The molecule has 1 aliphatic rings. The topological polar surface area (TPSA) is 58.4 Å². The molecule has 0 bridgehead atoms. The van der Waals surface area contributed by atoms with Gasteiger partial charge in [0.25, 0.3) is 0 Å². The van der Waals surface area contributed by atoms with Crippen LogP contribution < -0.4 is 5.32 Å². The number of anilines is 1. The highest BCUT2D eigenvalue weighted by molar-refractivity contribution is 5.89. The smallest absolute Gasteiger partial charge is 0.323 e. The third-order valence-corrected chi connectivity index (χ3v) is 5.00. The summed E-state index contributed by atoms with van der Waals surface area (Å²) in [5.74, 6) is 1.22. The number of aromatic nitrogens is 1. The second kappa shape index (κ2) is 7.32. The number of carbonyl (C=O) groups excluding carboxylic acids is 1. The zero-order valence-electron chi connectivity index (χ0n) is 15.6. The van der Waals surface area contributed by atoms with Crippen LogP contribution in [0.5, 0.6) is 0 Å². The zero-order valence-corrected chi connectivity index (χ0v) is 15.6. The Bertz CT molecular complexity index is 857. The Hall–Kier alpha value is -2.63. The summed E-state index contributed by atoms with van der Waals surface area (Å²) in [7, 11) is 0. The minimum Gasteiger partial charge on any atom is -0.359 e. The van der Waals surface area contributed by atoms with E-state index in [0.29, 0.717) is 30.2 Å². The second-order valence-electron chi connectivity index (χ2n) is 6.97. The maximum Gasteiger partial charge on any atom is 0.323 e. The molecule has 1 atom stereocenters. The number of piperidine rings is 1. The molecule has 1 unspecified atom stereocenters. The first-order valence-corrected chi connectivity index (χ1v) is 8.80. The van der Waals surface area contributed by atoms with Crippen molar-refractivity contribution in [1.29, 1.82) is 0 Å². The molecule has 0 spiro atoms. The van der Waals surface area contributed by atoms with Gasteiger partial charge in [-0.3, -0.25) is 5.32 Å². The summed E-state index contributed by atoms with van der Waals surface area (Å²) in [5, 5.41) is 6.70. The van der Waals surface area contributed by atoms with Crippen molar-refractivity contribution in [1.82, 2.24) is 10.1 Å². The van der Waals surface area contributed by atoms with Crippen molar-refractivity contribution in [2.75, 3.05) is 18.4 Å². The number of halogens is 1. The zero-order chi connectivity index (χ0) is 18.8. The van der Waals surface area contributed by atoms with Crippen molar-refractivity contribution >= 4 is 17.9 Å². The summed E-state index contributed by atoms with van der Waals surface area (Å²) in [6.45, 7) is 8.82. The summed E-state index contributed by atoms with van der Waals surface area (Å²) in [6, 6.07) is 4.97. The number of nitrogens with zero attached hydrogens (tertiary/aromatic N) is 2. The van der Waals surface area contributed by atoms with Crippen LogP contribution in [0.15, 0.2) is 28.3 Å². The van der Waals surface area contributed by atoms with Crippen molar-refractivity contribution in [3.05, 3.63) is 52.0 Å². The van der Waals surface area contributed by atoms with Crippen molar-refractivity contribution in [2.45, 2.75) is 34.1 Å². The van der Waals surface area contributed by atoms with Crippen LogP contribution in [0.3, 0.4) is 0 Å². The summed E-state index contributed by atoms with van der Waals surface area (Å²) in [5.41, 5.74) is 3.75. The van der Waals surface area contributed by atoms with Crippen LogP contribution in [0, 0.1) is 32.5 Å². The lowest BCUT2D eigenvalue weighted by molar-refractivity contribution is 0.197. The first-order chi connectivity index (χ1) is 12.3. The molecule has 0 saturated carbocycles. The Morgan fingerprint density at radius 2 is 2.15 bits per heavy atom. The van der Waals surface area contributed by atoms with Gasteiger partial charge in [-0.15, -0.1) is 0 Å². The first-order valence-electron chi connectivity index (χ1n) is 8.80. The van der Waals surface area contributed by atoms with Gasteiger partial charge >= 0.3 is 6.03 Å². The van der Waals surface area contributed by atoms with Gasteiger partial charge in [-0.2, -0.15) is 0 Å². The van der Waals surface area contributed by atoms with E-state index in [4.69, 9.17) is 4.52 Å². The second-order valence-corrected chi connectivity index (χ2v) is 6.97. The number of hydrogen-bond donors (Lipinski definition) is 1. The fourth-order valence-corrected chi connectivity index (χ4v) is 3.13. The Balaban J connectivity index is 1.66. The quantitative estimate of drug-likeness (QED) is 0.848. The van der Waals surface area contributed by atoms with E-state index >= 15 is 0 Å². The van der Waals surface area contributed by atoms with E-state index in [-0.39, 0.29) is 17.8 Å². The highest BCUT2D eigenvalue weighted by atomic mass is 19.1. The molecule has 2 aromatic rings. The summed E-state index contributed by atoms with van der Waals surface area (Å²) >= 11 is 0. The van der Waals surface area contributed by atoms with E-state index in [1.54, 1.807) is 17.9 Å². The van der Waals surface area contributed by atoms with Crippen LogP contribution in [0.25, 0.3) is 6.08 Å². The number of rotatable bonds is 2. The van der Waals surface area contributed by atoms with Gasteiger partial charge in [-0.25, -0.2) is 9.18 Å². The van der Waals surface area contributed by atoms with Crippen molar-refractivity contribution in [3.8, 4) is 0 Å². The highest BCUT2D eigenvalue weighted by Gasteiger charge is 2.25. The van der Waals surface area contributed by atoms with E-state index in [2.05, 4.69) is 23.5 Å². The highest BCUT2D eigenvalue weighted by Crippen LogP contribution is 2.26. The maximum atomic E-state index is 13.4. The van der Waals surface area contributed by atoms with Crippen LogP contribution >= 0.6 is 0 Å². The lowest BCUT2D eigenvalue weighted by atomic mass is 9.91. The molecule has 1 aromatic carbocycles. The summed E-state index contributed by atoms with van der Waals surface area (Å²) in [4.78, 5) is 14.3. The molecule has 2 amide bonds. The van der Waals surface area contributed by atoms with Gasteiger partial charge in [-0.1, -0.05) is 29.8 Å². The molecule has 0 radical (unpaired) electrons. The third-order valence-electron chi connectivity index (χ3n) is 5.00. The molecule has 1 aliphatic heterocycles. The van der Waals surface area contributed by atoms with Gasteiger partial charge < -0.3 is 9.42 Å². The van der Waals surface area contributed by atoms with Crippen LogP contribution in [0.2, 0.25) is 0 Å². The number of aryl methyl sites for hydroxylation is 2.